The number of halogens is 2. The number of nitrogens with two attached hydrogens (primary N) is 1. The molecule has 0 spiro atoms. The fourth-order valence-corrected chi connectivity index (χ4v) is 11.5. The van der Waals surface area contributed by atoms with Crippen molar-refractivity contribution < 1.29 is 42.7 Å². The van der Waals surface area contributed by atoms with Gasteiger partial charge in [-0.1, -0.05) is 45.0 Å². The van der Waals surface area contributed by atoms with Crippen molar-refractivity contribution in [2.45, 2.75) is 101 Å². The molecule has 4 fully saturated rings. The van der Waals surface area contributed by atoms with Crippen LogP contribution in [0.5, 0.6) is 0 Å². The molecule has 2 aliphatic heterocycles. The number of carbonyl (C=O) groups is 6. The number of piperazine rings is 1. The van der Waals surface area contributed by atoms with Crippen molar-refractivity contribution in [2.75, 3.05) is 57.7 Å². The summed E-state index contributed by atoms with van der Waals surface area (Å²) < 4.78 is 32.7. The molecule has 416 valence electrons. The van der Waals surface area contributed by atoms with E-state index in [2.05, 4.69) is 41.4 Å². The highest BCUT2D eigenvalue weighted by atomic mass is 32.1. The maximum Gasteiger partial charge on any atom is 0.258 e. The van der Waals surface area contributed by atoms with Gasteiger partial charge in [0.2, 0.25) is 23.6 Å². The first kappa shape index (κ1) is 54.6. The second kappa shape index (κ2) is 21.9. The van der Waals surface area contributed by atoms with Gasteiger partial charge in [0.05, 0.1) is 58.2 Å². The summed E-state index contributed by atoms with van der Waals surface area (Å²) in [7, 11) is 0. The molecule has 6 heterocycles. The van der Waals surface area contributed by atoms with Crippen LogP contribution in [0.3, 0.4) is 0 Å². The first-order chi connectivity index (χ1) is 37.7. The average Bonchev–Trinajstić information content (AvgIpc) is 4.31. The van der Waals surface area contributed by atoms with Crippen LogP contribution in [-0.2, 0) is 24.0 Å². The third-order valence-corrected chi connectivity index (χ3v) is 16.4. The molecule has 2 saturated heterocycles. The Bertz CT molecular complexity index is 3290. The monoisotopic (exact) mass is 1100 g/mol. The van der Waals surface area contributed by atoms with Gasteiger partial charge >= 0.3 is 0 Å². The third-order valence-electron chi connectivity index (χ3n) is 15.5. The molecule has 2 aliphatic carbocycles. The van der Waals surface area contributed by atoms with Gasteiger partial charge in [-0.05, 0) is 67.3 Å². The molecule has 10 rings (SSSR count). The van der Waals surface area contributed by atoms with E-state index in [4.69, 9.17) is 10.7 Å². The van der Waals surface area contributed by atoms with E-state index in [1.165, 1.54) is 23.5 Å². The largest absolute Gasteiger partial charge is 0.391 e. The van der Waals surface area contributed by atoms with Gasteiger partial charge in [-0.15, -0.1) is 11.3 Å². The van der Waals surface area contributed by atoms with Gasteiger partial charge in [0.25, 0.3) is 11.8 Å². The number of β-amino-alcohol motifs (C(OH)–C–C–N with tert-alkyl or cyclic N) is 1. The van der Waals surface area contributed by atoms with Gasteiger partial charge in [0.1, 0.15) is 17.4 Å². The van der Waals surface area contributed by atoms with Crippen molar-refractivity contribution in [1.29, 1.82) is 0 Å². The topological polar surface area (TPSA) is 278 Å². The number of likely N-dealkylation sites (tertiary alicyclic amines) is 1. The van der Waals surface area contributed by atoms with E-state index in [0.29, 0.717) is 49.1 Å². The van der Waals surface area contributed by atoms with E-state index in [1.807, 2.05) is 34.6 Å². The van der Waals surface area contributed by atoms with Crippen molar-refractivity contribution in [3.63, 3.8) is 0 Å². The lowest BCUT2D eigenvalue weighted by atomic mass is 9.73. The lowest BCUT2D eigenvalue weighted by Crippen LogP contribution is -2.65. The molecular weight excluding hydrogens is 1040 g/mol. The van der Waals surface area contributed by atoms with Gasteiger partial charge < -0.3 is 41.9 Å². The normalized spacial score (nSPS) is 19.9. The number of benzene rings is 2. The number of anilines is 2. The van der Waals surface area contributed by atoms with Crippen molar-refractivity contribution in [3.8, 4) is 21.7 Å². The van der Waals surface area contributed by atoms with Crippen LogP contribution in [-0.4, -0.2) is 161 Å². The van der Waals surface area contributed by atoms with Crippen LogP contribution in [0, 0.1) is 18.2 Å². The van der Waals surface area contributed by atoms with Crippen LogP contribution in [0.2, 0.25) is 0 Å². The van der Waals surface area contributed by atoms with Crippen LogP contribution < -0.4 is 27.0 Å². The van der Waals surface area contributed by atoms with E-state index in [9.17, 15) is 33.9 Å². The van der Waals surface area contributed by atoms with Gasteiger partial charge in [0, 0.05) is 94.0 Å². The van der Waals surface area contributed by atoms with E-state index in [1.54, 1.807) is 68.0 Å². The number of nitrogens with one attached hydrogen (secondary N) is 5. The Morgan fingerprint density at radius 1 is 0.949 bits per heavy atom. The fourth-order valence-electron chi connectivity index (χ4n) is 10.7. The molecule has 6 amide bonds. The van der Waals surface area contributed by atoms with E-state index < -0.39 is 64.1 Å². The molecule has 2 aromatic carbocycles. The number of rotatable bonds is 19. The summed E-state index contributed by atoms with van der Waals surface area (Å²) in [6.07, 6.45) is 7.26. The summed E-state index contributed by atoms with van der Waals surface area (Å²) in [5.74, 6) is -4.93. The minimum absolute atomic E-state index is 0.00390. The summed E-state index contributed by atoms with van der Waals surface area (Å²) in [5.41, 5.74) is 8.40. The average molecular weight is 1100 g/mol. The predicted molar refractivity (Wildman–Crippen MR) is 289 cm³/mol. The number of primary amides is 1. The molecule has 79 heavy (non-hydrogen) atoms. The number of fused-ring (bicyclic) bond motifs is 1. The number of aromatic amines is 1. The van der Waals surface area contributed by atoms with Crippen LogP contribution in [0.1, 0.15) is 98.4 Å². The zero-order valence-electron chi connectivity index (χ0n) is 44.4. The zero-order chi connectivity index (χ0) is 56.0. The Kier molecular flexibility index (Phi) is 15.1. The fraction of sp³-hybridized carbons (Fsp3) is 0.455. The van der Waals surface area contributed by atoms with Crippen LogP contribution in [0.4, 0.5) is 20.3 Å². The summed E-state index contributed by atoms with van der Waals surface area (Å²) >= 11 is 1.44. The number of H-pyrrole nitrogens is 1. The number of aromatic nitrogens is 6. The molecule has 24 heteroatoms. The van der Waals surface area contributed by atoms with E-state index in [-0.39, 0.29) is 74.9 Å². The maximum absolute atomic E-state index is 15.8. The molecule has 2 saturated carbocycles. The maximum atomic E-state index is 15.8. The van der Waals surface area contributed by atoms with Crippen LogP contribution in [0.15, 0.2) is 72.8 Å². The van der Waals surface area contributed by atoms with Gasteiger partial charge in [0.15, 0.2) is 17.1 Å². The number of carbonyl (C=O) groups excluding carboxylic acids is 6. The number of imidazole rings is 1. The summed E-state index contributed by atoms with van der Waals surface area (Å²) in [6.45, 7) is 8.01. The Labute approximate surface area is 458 Å². The van der Waals surface area contributed by atoms with Crippen molar-refractivity contribution in [3.05, 3.63) is 101 Å². The summed E-state index contributed by atoms with van der Waals surface area (Å²) in [4.78, 5) is 102. The van der Waals surface area contributed by atoms with Crippen molar-refractivity contribution in [1.82, 2.24) is 60.2 Å². The Hall–Kier alpha value is -7.70. The second-order valence-corrected chi connectivity index (χ2v) is 23.0. The second-order valence-electron chi connectivity index (χ2n) is 22.2. The van der Waals surface area contributed by atoms with Crippen LogP contribution in [0.25, 0.3) is 27.3 Å². The smallest absolute Gasteiger partial charge is 0.258 e. The van der Waals surface area contributed by atoms with Crippen molar-refractivity contribution >= 4 is 63.9 Å². The minimum Gasteiger partial charge on any atom is -0.391 e. The molecule has 0 radical (unpaired) electrons. The Morgan fingerprint density at radius 2 is 1.67 bits per heavy atom. The first-order valence-corrected chi connectivity index (χ1v) is 27.4. The highest BCUT2D eigenvalue weighted by Gasteiger charge is 2.60. The molecule has 0 bridgehead atoms. The summed E-state index contributed by atoms with van der Waals surface area (Å²) in [5, 5.41) is 29.5. The molecule has 21 nitrogen and oxygen atoms in total. The van der Waals surface area contributed by atoms with Crippen molar-refractivity contribution in [2.24, 2.45) is 11.1 Å². The summed E-state index contributed by atoms with van der Waals surface area (Å²) in [6, 6.07) is 10.1. The number of alkyl halides is 1. The number of amides is 6. The highest BCUT2D eigenvalue weighted by molar-refractivity contribution is 7.13. The minimum atomic E-state index is -2.10. The lowest BCUT2D eigenvalue weighted by Gasteiger charge is -2.44. The molecule has 4 aromatic heterocycles. The predicted octanol–water partition coefficient (Wildman–Crippen LogP) is 4.33. The first-order valence-electron chi connectivity index (χ1n) is 26.5. The van der Waals surface area contributed by atoms with Gasteiger partial charge in [-0.25, -0.2) is 23.7 Å². The SMILES string of the molecule is Cc1ncsc1-c1ccc([C@H](CC(=O)NCCNC(=O)CN2CCN(C(=O)c3ccc(Nc4nc(C5CC5)cn5c(-c6cn[nH]c6)cnc45)c(F)c3)CC2)C2(C(N)=O)CC(O)CN2C(=O)[C@@H](NC(=O)C2(F)CC2)C(C)(C)C)cc1. The molecule has 6 aromatic rings. The molecule has 2 unspecified atom stereocenters. The van der Waals surface area contributed by atoms with Crippen LogP contribution >= 0.6 is 11.3 Å². The number of aryl methyl sites for hydroxylation is 1. The lowest BCUT2D eigenvalue weighted by molar-refractivity contribution is -0.151. The van der Waals surface area contributed by atoms with Gasteiger partial charge in [-0.3, -0.25) is 43.2 Å². The molecule has 8 N–H and O–H groups in total. The Balaban J connectivity index is 0.745. The van der Waals surface area contributed by atoms with E-state index in [0.717, 1.165) is 50.8 Å². The molecule has 4 aliphatic rings. The number of thiazole rings is 1. The molecule has 4 atom stereocenters. The quantitative estimate of drug-likeness (QED) is 0.0558. The van der Waals surface area contributed by atoms with Gasteiger partial charge in [-0.2, -0.15) is 5.10 Å². The Morgan fingerprint density at radius 3 is 2.29 bits per heavy atom. The number of aliphatic hydroxyl groups excluding tert-OH is 1. The molecular formula is C55H64F2N14O7S. The highest BCUT2D eigenvalue weighted by Crippen LogP contribution is 2.46. The standard InChI is InChI=1S/C55H64F2N14O7S/c1-31-45(79-30-62-31)34-9-5-32(6-10-34)38(55(51(58)77)23-37(72)27-71(55)50(76)46(53(2,3)4)67-52(78)54(57)13-14-54)22-43(73)59-15-16-60-44(74)29-68-17-19-69(20-18-68)49(75)35-11-12-40(39(56)21-35)65-47-48-61-26-42(36-24-63-64-25-36)70(48)28-41(66-47)33-7-8-33/h5-6,9-12,21,24-26,28,30,33,37-38,46,72H,7-8,13-20,22-23,27,29H2,1-4H3,(H2,58,77)(H,59,73)(H,60,74)(H,63,64)(H,65,66)(H,67,78)/t37?,38-,46+,55?/m0/s1. The zero-order valence-corrected chi connectivity index (χ0v) is 45.2. The third kappa shape index (κ3) is 11.4. The van der Waals surface area contributed by atoms with E-state index >= 15 is 8.78 Å². The number of aliphatic hydroxyl groups is 1. The number of hydrogen-bond donors (Lipinski definition) is 7. The number of nitrogens with zero attached hydrogens (tertiary/aromatic N) is 8. The number of hydrogen-bond acceptors (Lipinski definition) is 14.